The van der Waals surface area contributed by atoms with Crippen LogP contribution in [-0.4, -0.2) is 52.4 Å². The SMILES string of the molecule is CCCC[C@H]1C(=O)N(C)CCN1C(=O)c1cccn1C. The van der Waals surface area contributed by atoms with Crippen LogP contribution in [0.1, 0.15) is 36.7 Å². The lowest BCUT2D eigenvalue weighted by molar-refractivity contribution is -0.138. The summed E-state index contributed by atoms with van der Waals surface area (Å²) in [6, 6.07) is 3.35. The Balaban J connectivity index is 2.21. The van der Waals surface area contributed by atoms with Gasteiger partial charge in [0.15, 0.2) is 0 Å². The molecule has 0 spiro atoms. The van der Waals surface area contributed by atoms with Crippen LogP contribution >= 0.6 is 0 Å². The number of unbranched alkanes of at least 4 members (excludes halogenated alkanes) is 1. The number of hydrogen-bond acceptors (Lipinski definition) is 2. The van der Waals surface area contributed by atoms with E-state index in [9.17, 15) is 9.59 Å². The maximum absolute atomic E-state index is 12.6. The van der Waals surface area contributed by atoms with Crippen LogP contribution in [0.3, 0.4) is 0 Å². The summed E-state index contributed by atoms with van der Waals surface area (Å²) in [5, 5.41) is 0. The van der Waals surface area contributed by atoms with Gasteiger partial charge >= 0.3 is 0 Å². The van der Waals surface area contributed by atoms with Crippen molar-refractivity contribution in [3.8, 4) is 0 Å². The highest BCUT2D eigenvalue weighted by atomic mass is 16.2. The number of rotatable bonds is 4. The van der Waals surface area contributed by atoms with Crippen molar-refractivity contribution < 1.29 is 9.59 Å². The Hall–Kier alpha value is -1.78. The highest BCUT2D eigenvalue weighted by molar-refractivity contribution is 5.97. The van der Waals surface area contributed by atoms with Crippen LogP contribution < -0.4 is 0 Å². The van der Waals surface area contributed by atoms with Crippen LogP contribution in [0.4, 0.5) is 0 Å². The lowest BCUT2D eigenvalue weighted by atomic mass is 10.0. The van der Waals surface area contributed by atoms with Gasteiger partial charge < -0.3 is 14.4 Å². The molecule has 0 aliphatic carbocycles. The number of carbonyl (C=O) groups excluding carboxylic acids is 2. The fourth-order valence-electron chi connectivity index (χ4n) is 2.66. The molecule has 5 heteroatoms. The van der Waals surface area contributed by atoms with Crippen molar-refractivity contribution in [2.75, 3.05) is 20.1 Å². The summed E-state index contributed by atoms with van der Waals surface area (Å²) in [5.74, 6) is 0.0207. The van der Waals surface area contributed by atoms with Gasteiger partial charge in [-0.05, 0) is 18.6 Å². The minimum absolute atomic E-state index is 0.0416. The monoisotopic (exact) mass is 277 g/mol. The van der Waals surface area contributed by atoms with E-state index in [1.165, 1.54) is 0 Å². The van der Waals surface area contributed by atoms with Crippen LogP contribution in [0.2, 0.25) is 0 Å². The van der Waals surface area contributed by atoms with Crippen molar-refractivity contribution in [2.24, 2.45) is 7.05 Å². The van der Waals surface area contributed by atoms with Gasteiger partial charge in [0.05, 0.1) is 0 Å². The van der Waals surface area contributed by atoms with Crippen molar-refractivity contribution in [1.82, 2.24) is 14.4 Å². The number of hydrogen-bond donors (Lipinski definition) is 0. The number of likely N-dealkylation sites (N-methyl/N-ethyl adjacent to an activating group) is 1. The third-order valence-corrected chi connectivity index (χ3v) is 3.97. The van der Waals surface area contributed by atoms with Crippen LogP contribution in [-0.2, 0) is 11.8 Å². The molecule has 1 aromatic heterocycles. The summed E-state index contributed by atoms with van der Waals surface area (Å²) in [5.41, 5.74) is 0.642. The predicted octanol–water partition coefficient (Wildman–Crippen LogP) is 1.50. The lowest BCUT2D eigenvalue weighted by Gasteiger charge is -2.39. The number of aromatic nitrogens is 1. The first-order valence-electron chi connectivity index (χ1n) is 7.23. The van der Waals surface area contributed by atoms with E-state index in [2.05, 4.69) is 6.92 Å². The Bertz CT molecular complexity index is 495. The molecule has 1 saturated heterocycles. The first kappa shape index (κ1) is 14.6. The highest BCUT2D eigenvalue weighted by Crippen LogP contribution is 2.19. The number of nitrogens with zero attached hydrogens (tertiary/aromatic N) is 3. The Labute approximate surface area is 120 Å². The van der Waals surface area contributed by atoms with Gasteiger partial charge in [-0.25, -0.2) is 0 Å². The van der Waals surface area contributed by atoms with Gasteiger partial charge in [0.25, 0.3) is 5.91 Å². The van der Waals surface area contributed by atoms with E-state index >= 15 is 0 Å². The van der Waals surface area contributed by atoms with Crippen molar-refractivity contribution >= 4 is 11.8 Å². The van der Waals surface area contributed by atoms with Crippen LogP contribution in [0.15, 0.2) is 18.3 Å². The molecule has 1 atom stereocenters. The molecule has 0 radical (unpaired) electrons. The quantitative estimate of drug-likeness (QED) is 0.837. The van der Waals surface area contributed by atoms with Crippen LogP contribution in [0.5, 0.6) is 0 Å². The normalized spacial score (nSPS) is 19.6. The molecule has 2 rings (SSSR count). The number of aryl methyl sites for hydroxylation is 1. The molecule has 1 aliphatic heterocycles. The fourth-order valence-corrected chi connectivity index (χ4v) is 2.66. The molecule has 2 heterocycles. The van der Waals surface area contributed by atoms with Gasteiger partial charge in [0.2, 0.25) is 5.91 Å². The second-order valence-corrected chi connectivity index (χ2v) is 5.42. The highest BCUT2D eigenvalue weighted by Gasteiger charge is 2.36. The zero-order valence-corrected chi connectivity index (χ0v) is 12.5. The van der Waals surface area contributed by atoms with E-state index in [1.54, 1.807) is 9.80 Å². The van der Waals surface area contributed by atoms with E-state index in [0.717, 1.165) is 19.3 Å². The standard InChI is InChI=1S/C15H23N3O2/c1-4-5-7-13-14(19)17(3)10-11-18(13)15(20)12-8-6-9-16(12)2/h6,8-9,13H,4-5,7,10-11H2,1-3H3/t13-/m0/s1. The number of piperazine rings is 1. The molecule has 5 nitrogen and oxygen atoms in total. The number of carbonyl (C=O) groups is 2. The molecule has 1 aromatic rings. The Kier molecular flexibility index (Phi) is 4.47. The van der Waals surface area contributed by atoms with Crippen LogP contribution in [0.25, 0.3) is 0 Å². The average Bonchev–Trinajstić information content (AvgIpc) is 2.86. The summed E-state index contributed by atoms with van der Waals surface area (Å²) in [4.78, 5) is 28.4. The first-order chi connectivity index (χ1) is 9.56. The third-order valence-electron chi connectivity index (χ3n) is 3.97. The summed E-state index contributed by atoms with van der Waals surface area (Å²) in [7, 11) is 3.66. The molecule has 110 valence electrons. The summed E-state index contributed by atoms with van der Waals surface area (Å²) < 4.78 is 1.81. The second kappa shape index (κ2) is 6.11. The molecule has 1 aliphatic rings. The van der Waals surface area contributed by atoms with Crippen LogP contribution in [0, 0.1) is 0 Å². The molecule has 0 bridgehead atoms. The smallest absolute Gasteiger partial charge is 0.271 e. The zero-order valence-electron chi connectivity index (χ0n) is 12.5. The van der Waals surface area contributed by atoms with E-state index in [0.29, 0.717) is 18.8 Å². The largest absolute Gasteiger partial charge is 0.347 e. The molecule has 0 aromatic carbocycles. The second-order valence-electron chi connectivity index (χ2n) is 5.42. The summed E-state index contributed by atoms with van der Waals surface area (Å²) >= 11 is 0. The lowest BCUT2D eigenvalue weighted by Crippen LogP contribution is -2.57. The van der Waals surface area contributed by atoms with E-state index in [1.807, 2.05) is 37.0 Å². The van der Waals surface area contributed by atoms with Crippen molar-refractivity contribution in [3.63, 3.8) is 0 Å². The average molecular weight is 277 g/mol. The van der Waals surface area contributed by atoms with Gasteiger partial charge in [-0.2, -0.15) is 0 Å². The third kappa shape index (κ3) is 2.71. The Morgan fingerprint density at radius 2 is 2.10 bits per heavy atom. The van der Waals surface area contributed by atoms with Crippen molar-refractivity contribution in [1.29, 1.82) is 0 Å². The van der Waals surface area contributed by atoms with Gasteiger partial charge in [0.1, 0.15) is 11.7 Å². The molecule has 0 unspecified atom stereocenters. The Morgan fingerprint density at radius 3 is 2.70 bits per heavy atom. The maximum atomic E-state index is 12.6. The number of amides is 2. The molecule has 0 N–H and O–H groups in total. The van der Waals surface area contributed by atoms with E-state index in [-0.39, 0.29) is 17.9 Å². The van der Waals surface area contributed by atoms with Gasteiger partial charge in [-0.1, -0.05) is 19.8 Å². The molecular weight excluding hydrogens is 254 g/mol. The first-order valence-corrected chi connectivity index (χ1v) is 7.23. The van der Waals surface area contributed by atoms with Gasteiger partial charge in [-0.3, -0.25) is 9.59 Å². The zero-order chi connectivity index (χ0) is 14.7. The Morgan fingerprint density at radius 1 is 1.35 bits per heavy atom. The molecule has 1 fully saturated rings. The summed E-state index contributed by atoms with van der Waals surface area (Å²) in [6.45, 7) is 3.32. The molecule has 20 heavy (non-hydrogen) atoms. The van der Waals surface area contributed by atoms with Gasteiger partial charge in [-0.15, -0.1) is 0 Å². The van der Waals surface area contributed by atoms with E-state index < -0.39 is 0 Å². The van der Waals surface area contributed by atoms with Gasteiger partial charge in [0, 0.05) is 33.4 Å². The van der Waals surface area contributed by atoms with Crippen molar-refractivity contribution in [2.45, 2.75) is 32.2 Å². The maximum Gasteiger partial charge on any atom is 0.271 e. The molecule has 0 saturated carbocycles. The minimum Gasteiger partial charge on any atom is -0.347 e. The fraction of sp³-hybridized carbons (Fsp3) is 0.600. The topological polar surface area (TPSA) is 45.6 Å². The van der Waals surface area contributed by atoms with Crippen molar-refractivity contribution in [3.05, 3.63) is 24.0 Å². The molecular formula is C15H23N3O2. The minimum atomic E-state index is -0.309. The van der Waals surface area contributed by atoms with E-state index in [4.69, 9.17) is 0 Å². The summed E-state index contributed by atoms with van der Waals surface area (Å²) in [6.07, 6.45) is 4.59. The molecule has 2 amide bonds. The predicted molar refractivity (Wildman–Crippen MR) is 77.4 cm³/mol.